The van der Waals surface area contributed by atoms with Gasteiger partial charge in [-0.15, -0.1) is 0 Å². The topological polar surface area (TPSA) is 32.5 Å². The number of benzene rings is 1. The largest absolute Gasteiger partial charge is 0.369 e. The van der Waals surface area contributed by atoms with Gasteiger partial charge in [-0.1, -0.05) is 30.5 Å². The Morgan fingerprint density at radius 1 is 1.10 bits per heavy atom. The van der Waals surface area contributed by atoms with Crippen molar-refractivity contribution in [3.63, 3.8) is 0 Å². The summed E-state index contributed by atoms with van der Waals surface area (Å²) in [7, 11) is 0. The average Bonchev–Trinajstić information content (AvgIpc) is 3.01. The van der Waals surface area contributed by atoms with E-state index in [4.69, 9.17) is 17.3 Å². The number of piperazine rings is 1. The highest BCUT2D eigenvalue weighted by molar-refractivity contribution is 6.31. The van der Waals surface area contributed by atoms with Gasteiger partial charge in [0, 0.05) is 49.5 Å². The second kappa shape index (κ2) is 6.33. The Morgan fingerprint density at radius 3 is 2.40 bits per heavy atom. The van der Waals surface area contributed by atoms with E-state index in [9.17, 15) is 0 Å². The van der Waals surface area contributed by atoms with Gasteiger partial charge in [0.1, 0.15) is 0 Å². The summed E-state index contributed by atoms with van der Waals surface area (Å²) in [6.45, 7) is 5.08. The summed E-state index contributed by atoms with van der Waals surface area (Å²) in [4.78, 5) is 5.12. The number of hydrogen-bond acceptors (Lipinski definition) is 3. The van der Waals surface area contributed by atoms with E-state index < -0.39 is 0 Å². The quantitative estimate of drug-likeness (QED) is 0.930. The first kappa shape index (κ1) is 14.2. The third-order valence-electron chi connectivity index (χ3n) is 4.78. The van der Waals surface area contributed by atoms with Crippen molar-refractivity contribution in [1.82, 2.24) is 4.90 Å². The van der Waals surface area contributed by atoms with Crippen LogP contribution in [0.3, 0.4) is 0 Å². The van der Waals surface area contributed by atoms with E-state index in [-0.39, 0.29) is 0 Å². The van der Waals surface area contributed by atoms with Crippen LogP contribution in [0.15, 0.2) is 18.2 Å². The molecule has 4 heteroatoms. The highest BCUT2D eigenvalue weighted by Gasteiger charge is 2.26. The van der Waals surface area contributed by atoms with Gasteiger partial charge in [-0.05, 0) is 30.5 Å². The van der Waals surface area contributed by atoms with Crippen molar-refractivity contribution in [1.29, 1.82) is 0 Å². The van der Waals surface area contributed by atoms with Crippen LogP contribution in [0.25, 0.3) is 0 Å². The summed E-state index contributed by atoms with van der Waals surface area (Å²) in [6, 6.07) is 7.12. The molecule has 0 bridgehead atoms. The van der Waals surface area contributed by atoms with Crippen molar-refractivity contribution in [3.05, 3.63) is 28.8 Å². The highest BCUT2D eigenvalue weighted by Crippen LogP contribution is 2.27. The summed E-state index contributed by atoms with van der Waals surface area (Å²) in [5, 5.41) is 0.795. The molecule has 110 valence electrons. The molecule has 3 rings (SSSR count). The fourth-order valence-electron chi connectivity index (χ4n) is 3.51. The van der Waals surface area contributed by atoms with Gasteiger partial charge in [-0.3, -0.25) is 4.90 Å². The van der Waals surface area contributed by atoms with E-state index in [1.54, 1.807) is 0 Å². The van der Waals surface area contributed by atoms with E-state index in [2.05, 4.69) is 28.0 Å². The smallest absolute Gasteiger partial charge is 0.0471 e. The van der Waals surface area contributed by atoms with Crippen molar-refractivity contribution in [3.8, 4) is 0 Å². The maximum atomic E-state index is 6.26. The van der Waals surface area contributed by atoms with E-state index in [0.29, 0.717) is 6.54 Å². The third-order valence-corrected chi connectivity index (χ3v) is 5.13. The Hall–Kier alpha value is -0.770. The minimum atomic E-state index is 0.509. The molecule has 0 spiro atoms. The zero-order valence-electron chi connectivity index (χ0n) is 12.0. The lowest BCUT2D eigenvalue weighted by molar-refractivity contribution is 0.187. The van der Waals surface area contributed by atoms with Crippen LogP contribution >= 0.6 is 11.6 Å². The monoisotopic (exact) mass is 293 g/mol. The van der Waals surface area contributed by atoms with Gasteiger partial charge in [0.2, 0.25) is 0 Å². The molecule has 1 aromatic rings. The zero-order valence-corrected chi connectivity index (χ0v) is 12.8. The average molecular weight is 294 g/mol. The lowest BCUT2D eigenvalue weighted by atomic mass is 10.1. The molecule has 20 heavy (non-hydrogen) atoms. The van der Waals surface area contributed by atoms with E-state index in [0.717, 1.165) is 29.7 Å². The maximum absolute atomic E-state index is 6.26. The number of hydrogen-bond donors (Lipinski definition) is 1. The fraction of sp³-hybridized carbons (Fsp3) is 0.625. The zero-order chi connectivity index (χ0) is 13.9. The molecule has 1 aliphatic carbocycles. The lowest BCUT2D eigenvalue weighted by Gasteiger charge is -2.39. The SMILES string of the molecule is NCc1ccc(N2CCN(C3CCCC3)CC2)cc1Cl. The lowest BCUT2D eigenvalue weighted by Crippen LogP contribution is -2.49. The van der Waals surface area contributed by atoms with Crippen LogP contribution in [0, 0.1) is 0 Å². The van der Waals surface area contributed by atoms with Gasteiger partial charge < -0.3 is 10.6 Å². The molecular formula is C16H24ClN3. The standard InChI is InChI=1S/C16H24ClN3/c17-16-11-15(6-5-13(16)12-18)20-9-7-19(8-10-20)14-3-1-2-4-14/h5-6,11,14H,1-4,7-10,12,18H2. The van der Waals surface area contributed by atoms with Crippen LogP contribution in [-0.2, 0) is 6.54 Å². The Balaban J connectivity index is 1.61. The molecule has 2 N–H and O–H groups in total. The molecule has 1 heterocycles. The minimum absolute atomic E-state index is 0.509. The molecule has 0 aromatic heterocycles. The van der Waals surface area contributed by atoms with Crippen LogP contribution in [0.1, 0.15) is 31.2 Å². The van der Waals surface area contributed by atoms with E-state index >= 15 is 0 Å². The summed E-state index contributed by atoms with van der Waals surface area (Å²) in [5.74, 6) is 0. The Morgan fingerprint density at radius 2 is 1.80 bits per heavy atom. The first-order chi connectivity index (χ1) is 9.78. The molecule has 1 aliphatic heterocycles. The van der Waals surface area contributed by atoms with Crippen molar-refractivity contribution in [2.45, 2.75) is 38.3 Å². The second-order valence-corrected chi connectivity index (χ2v) is 6.35. The summed E-state index contributed by atoms with van der Waals surface area (Å²) < 4.78 is 0. The molecule has 0 unspecified atom stereocenters. The molecule has 1 saturated heterocycles. The first-order valence-electron chi connectivity index (χ1n) is 7.75. The van der Waals surface area contributed by atoms with Crippen LogP contribution in [-0.4, -0.2) is 37.1 Å². The molecular weight excluding hydrogens is 270 g/mol. The number of halogens is 1. The maximum Gasteiger partial charge on any atom is 0.0471 e. The normalized spacial score (nSPS) is 21.6. The number of nitrogens with zero attached hydrogens (tertiary/aromatic N) is 2. The second-order valence-electron chi connectivity index (χ2n) is 5.94. The van der Waals surface area contributed by atoms with Crippen LogP contribution < -0.4 is 10.6 Å². The van der Waals surface area contributed by atoms with Crippen molar-refractivity contribution in [2.75, 3.05) is 31.1 Å². The molecule has 1 saturated carbocycles. The molecule has 2 aliphatic rings. The Bertz CT molecular complexity index is 449. The number of anilines is 1. The number of rotatable bonds is 3. The van der Waals surface area contributed by atoms with E-state index in [1.807, 2.05) is 0 Å². The van der Waals surface area contributed by atoms with Crippen molar-refractivity contribution in [2.24, 2.45) is 5.73 Å². The van der Waals surface area contributed by atoms with Crippen molar-refractivity contribution < 1.29 is 0 Å². The van der Waals surface area contributed by atoms with Crippen LogP contribution in [0.2, 0.25) is 5.02 Å². The van der Waals surface area contributed by atoms with Crippen LogP contribution in [0.4, 0.5) is 5.69 Å². The van der Waals surface area contributed by atoms with Gasteiger partial charge in [0.25, 0.3) is 0 Å². The van der Waals surface area contributed by atoms with Gasteiger partial charge in [-0.25, -0.2) is 0 Å². The van der Waals surface area contributed by atoms with E-state index in [1.165, 1.54) is 44.5 Å². The predicted molar refractivity (Wildman–Crippen MR) is 85.4 cm³/mol. The van der Waals surface area contributed by atoms with Gasteiger partial charge in [0.15, 0.2) is 0 Å². The predicted octanol–water partition coefficient (Wildman–Crippen LogP) is 2.86. The minimum Gasteiger partial charge on any atom is -0.369 e. The number of nitrogens with two attached hydrogens (primary N) is 1. The van der Waals surface area contributed by atoms with Crippen LogP contribution in [0.5, 0.6) is 0 Å². The molecule has 0 radical (unpaired) electrons. The fourth-order valence-corrected chi connectivity index (χ4v) is 3.77. The van der Waals surface area contributed by atoms with Crippen molar-refractivity contribution >= 4 is 17.3 Å². The van der Waals surface area contributed by atoms with Gasteiger partial charge in [0.05, 0.1) is 0 Å². The third kappa shape index (κ3) is 2.95. The van der Waals surface area contributed by atoms with Gasteiger partial charge >= 0.3 is 0 Å². The highest BCUT2D eigenvalue weighted by atomic mass is 35.5. The molecule has 1 aromatic carbocycles. The first-order valence-corrected chi connectivity index (χ1v) is 8.13. The Kier molecular flexibility index (Phi) is 4.49. The molecule has 3 nitrogen and oxygen atoms in total. The van der Waals surface area contributed by atoms with Gasteiger partial charge in [-0.2, -0.15) is 0 Å². The summed E-state index contributed by atoms with van der Waals surface area (Å²) in [5.41, 5.74) is 7.92. The Labute approximate surface area is 126 Å². The molecule has 0 amide bonds. The molecule has 2 fully saturated rings. The summed E-state index contributed by atoms with van der Waals surface area (Å²) in [6.07, 6.45) is 5.64. The summed E-state index contributed by atoms with van der Waals surface area (Å²) >= 11 is 6.26. The molecule has 0 atom stereocenters.